The molecule has 2 aromatic rings. The van der Waals surface area contributed by atoms with Crippen LogP contribution in [-0.2, 0) is 9.59 Å². The summed E-state index contributed by atoms with van der Waals surface area (Å²) in [6, 6.07) is 10.8. The summed E-state index contributed by atoms with van der Waals surface area (Å²) in [4.78, 5) is 23.6. The van der Waals surface area contributed by atoms with E-state index in [-0.39, 0.29) is 18.4 Å². The molecule has 170 valence electrons. The molecule has 0 saturated heterocycles. The van der Waals surface area contributed by atoms with Crippen LogP contribution in [0.2, 0.25) is 5.02 Å². The summed E-state index contributed by atoms with van der Waals surface area (Å²) in [5, 5.41) is 8.68. The van der Waals surface area contributed by atoms with Crippen molar-refractivity contribution in [2.75, 3.05) is 20.3 Å². The largest absolute Gasteiger partial charge is 0.497 e. The van der Waals surface area contributed by atoms with Gasteiger partial charge in [-0.05, 0) is 48.9 Å². The predicted molar refractivity (Wildman–Crippen MR) is 124 cm³/mol. The fourth-order valence-electron chi connectivity index (χ4n) is 2.96. The van der Waals surface area contributed by atoms with E-state index in [1.54, 1.807) is 37.4 Å². The summed E-state index contributed by atoms with van der Waals surface area (Å²) >= 11 is 7.29. The van der Waals surface area contributed by atoms with E-state index in [2.05, 4.69) is 10.4 Å². The van der Waals surface area contributed by atoms with Gasteiger partial charge in [-0.2, -0.15) is 0 Å². The molecule has 2 aromatic carbocycles. The second-order valence-corrected chi connectivity index (χ2v) is 8.41. The van der Waals surface area contributed by atoms with Gasteiger partial charge in [0.1, 0.15) is 35.8 Å². The first-order valence-electron chi connectivity index (χ1n) is 9.81. The first-order valence-corrected chi connectivity index (χ1v) is 11.1. The maximum Gasteiger partial charge on any atom is 0.241 e. The zero-order valence-electron chi connectivity index (χ0n) is 18.2. The number of rotatable bonds is 7. The number of methoxy groups -OCH3 is 1. The lowest BCUT2D eigenvalue weighted by Gasteiger charge is -2.22. The second kappa shape index (κ2) is 10.6. The highest BCUT2D eigenvalue weighted by Crippen LogP contribution is 2.43. The highest BCUT2D eigenvalue weighted by Gasteiger charge is 2.34. The molecule has 32 heavy (non-hydrogen) atoms. The molecule has 0 aromatic heterocycles. The maximum absolute atomic E-state index is 12.2. The smallest absolute Gasteiger partial charge is 0.241 e. The standard InChI is InChI=1S/C22H24ClN3O5S/c1-13-11-17(5-7-19(13)23)30-9-10-31-20-8-6-16(29-4)12-18(20)21-26(15(3)28)25-22(32-21)24-14(2)27/h5-8,11-12,21H,9-10H2,1-4H3,(H,24,25,27). The van der Waals surface area contributed by atoms with Crippen LogP contribution >= 0.6 is 23.4 Å². The number of aryl methyl sites for hydroxylation is 1. The average Bonchev–Trinajstić information content (AvgIpc) is 3.17. The molecule has 2 amide bonds. The minimum atomic E-state index is -0.515. The first-order chi connectivity index (χ1) is 15.3. The van der Waals surface area contributed by atoms with Gasteiger partial charge in [0.05, 0.1) is 7.11 Å². The summed E-state index contributed by atoms with van der Waals surface area (Å²) in [6.45, 7) is 5.30. The van der Waals surface area contributed by atoms with Crippen LogP contribution < -0.4 is 19.5 Å². The molecular formula is C22H24ClN3O5S. The molecule has 0 saturated carbocycles. The Bertz CT molecular complexity index is 1050. The predicted octanol–water partition coefficient (Wildman–Crippen LogP) is 4.12. The number of amidine groups is 1. The number of carbonyl (C=O) groups is 2. The number of carbonyl (C=O) groups excluding carboxylic acids is 2. The number of amides is 2. The molecule has 1 heterocycles. The van der Waals surface area contributed by atoms with Crippen LogP contribution in [0.1, 0.15) is 30.3 Å². The van der Waals surface area contributed by atoms with Crippen LogP contribution in [0.4, 0.5) is 0 Å². The third kappa shape index (κ3) is 5.86. The molecule has 1 aliphatic heterocycles. The number of benzene rings is 2. The Kier molecular flexibility index (Phi) is 7.87. The van der Waals surface area contributed by atoms with E-state index in [0.717, 1.165) is 5.56 Å². The van der Waals surface area contributed by atoms with Crippen molar-refractivity contribution in [3.63, 3.8) is 0 Å². The van der Waals surface area contributed by atoms with Crippen molar-refractivity contribution in [2.24, 2.45) is 5.10 Å². The lowest BCUT2D eigenvalue weighted by Crippen LogP contribution is -2.25. The number of hydrazone groups is 1. The lowest BCUT2D eigenvalue weighted by atomic mass is 10.1. The van der Waals surface area contributed by atoms with Gasteiger partial charge >= 0.3 is 0 Å². The highest BCUT2D eigenvalue weighted by atomic mass is 35.5. The zero-order chi connectivity index (χ0) is 23.3. The van der Waals surface area contributed by atoms with Crippen molar-refractivity contribution in [3.05, 3.63) is 52.5 Å². The van der Waals surface area contributed by atoms with Gasteiger partial charge in [-0.3, -0.25) is 9.59 Å². The summed E-state index contributed by atoms with van der Waals surface area (Å²) in [5.41, 5.74) is 1.62. The van der Waals surface area contributed by atoms with Crippen molar-refractivity contribution in [1.82, 2.24) is 10.3 Å². The molecule has 1 unspecified atom stereocenters. The van der Waals surface area contributed by atoms with Gasteiger partial charge in [0.15, 0.2) is 5.17 Å². The Labute approximate surface area is 195 Å². The molecule has 1 N–H and O–H groups in total. The number of nitrogens with one attached hydrogen (secondary N) is 1. The minimum Gasteiger partial charge on any atom is -0.497 e. The minimum absolute atomic E-state index is 0.266. The van der Waals surface area contributed by atoms with Crippen LogP contribution in [0.25, 0.3) is 0 Å². The molecule has 0 aliphatic carbocycles. The van der Waals surface area contributed by atoms with Gasteiger partial charge in [0.25, 0.3) is 0 Å². The Morgan fingerprint density at radius 1 is 1.12 bits per heavy atom. The van der Waals surface area contributed by atoms with Gasteiger partial charge in [0.2, 0.25) is 11.8 Å². The molecule has 0 radical (unpaired) electrons. The van der Waals surface area contributed by atoms with Crippen molar-refractivity contribution in [1.29, 1.82) is 0 Å². The number of hydrogen-bond acceptors (Lipinski definition) is 7. The molecule has 1 atom stereocenters. The summed E-state index contributed by atoms with van der Waals surface area (Å²) < 4.78 is 17.1. The van der Waals surface area contributed by atoms with Crippen LogP contribution in [0.5, 0.6) is 17.2 Å². The average molecular weight is 478 g/mol. The van der Waals surface area contributed by atoms with E-state index < -0.39 is 5.37 Å². The quantitative estimate of drug-likeness (QED) is 0.603. The second-order valence-electron chi connectivity index (χ2n) is 6.93. The fourth-order valence-corrected chi connectivity index (χ4v) is 4.23. The Morgan fingerprint density at radius 2 is 1.84 bits per heavy atom. The molecule has 10 heteroatoms. The molecule has 1 aliphatic rings. The normalized spacial score (nSPS) is 15.2. The SMILES string of the molecule is COc1ccc(OCCOc2ccc(Cl)c(C)c2)c(C2SC(NC(C)=O)=NN2C(C)=O)c1. The third-order valence-electron chi connectivity index (χ3n) is 4.47. The molecule has 3 rings (SSSR count). The van der Waals surface area contributed by atoms with Gasteiger partial charge in [0, 0.05) is 24.4 Å². The zero-order valence-corrected chi connectivity index (χ0v) is 19.7. The summed E-state index contributed by atoms with van der Waals surface area (Å²) in [6.07, 6.45) is 0. The van der Waals surface area contributed by atoms with E-state index in [9.17, 15) is 9.59 Å². The van der Waals surface area contributed by atoms with E-state index in [1.807, 2.05) is 13.0 Å². The maximum atomic E-state index is 12.2. The van der Waals surface area contributed by atoms with Gasteiger partial charge in [-0.25, -0.2) is 5.01 Å². The lowest BCUT2D eigenvalue weighted by molar-refractivity contribution is -0.129. The van der Waals surface area contributed by atoms with E-state index in [4.69, 9.17) is 25.8 Å². The van der Waals surface area contributed by atoms with Crippen LogP contribution in [0.3, 0.4) is 0 Å². The Balaban J connectivity index is 1.74. The van der Waals surface area contributed by atoms with Crippen molar-refractivity contribution < 1.29 is 23.8 Å². The number of ether oxygens (including phenoxy) is 3. The topological polar surface area (TPSA) is 89.5 Å². The molecule has 0 bridgehead atoms. The number of hydrogen-bond donors (Lipinski definition) is 1. The molecule has 0 spiro atoms. The van der Waals surface area contributed by atoms with E-state index in [0.29, 0.717) is 39.6 Å². The summed E-state index contributed by atoms with van der Waals surface area (Å²) in [5.74, 6) is 1.34. The monoisotopic (exact) mass is 477 g/mol. The number of thioether (sulfide) groups is 1. The molecule has 0 fully saturated rings. The van der Waals surface area contributed by atoms with Crippen LogP contribution in [0.15, 0.2) is 41.5 Å². The molecular weight excluding hydrogens is 454 g/mol. The summed E-state index contributed by atoms with van der Waals surface area (Å²) in [7, 11) is 1.56. The van der Waals surface area contributed by atoms with E-state index >= 15 is 0 Å². The first kappa shape index (κ1) is 23.7. The van der Waals surface area contributed by atoms with E-state index in [1.165, 1.54) is 30.6 Å². The van der Waals surface area contributed by atoms with Gasteiger partial charge < -0.3 is 19.5 Å². The highest BCUT2D eigenvalue weighted by molar-refractivity contribution is 8.14. The number of halogens is 1. The van der Waals surface area contributed by atoms with Gasteiger partial charge in [-0.1, -0.05) is 23.4 Å². The van der Waals surface area contributed by atoms with Crippen LogP contribution in [0, 0.1) is 6.92 Å². The Morgan fingerprint density at radius 3 is 2.50 bits per heavy atom. The third-order valence-corrected chi connectivity index (χ3v) is 5.98. The van der Waals surface area contributed by atoms with Crippen molar-refractivity contribution >= 4 is 40.3 Å². The van der Waals surface area contributed by atoms with Gasteiger partial charge in [-0.15, -0.1) is 5.10 Å². The van der Waals surface area contributed by atoms with Crippen LogP contribution in [-0.4, -0.2) is 42.3 Å². The van der Waals surface area contributed by atoms with Crippen molar-refractivity contribution in [3.8, 4) is 17.2 Å². The molecule has 8 nitrogen and oxygen atoms in total. The number of nitrogens with zero attached hydrogens (tertiary/aromatic N) is 2. The fraction of sp³-hybridized carbons (Fsp3) is 0.318. The van der Waals surface area contributed by atoms with Crippen molar-refractivity contribution in [2.45, 2.75) is 26.1 Å². The Hall–Kier alpha value is -2.91.